The maximum atomic E-state index is 13.0. The molecule has 2 N–H and O–H groups in total. The van der Waals surface area contributed by atoms with E-state index in [1.54, 1.807) is 12.4 Å². The second-order valence-corrected chi connectivity index (χ2v) is 8.70. The highest BCUT2D eigenvalue weighted by Gasteiger charge is 2.25. The summed E-state index contributed by atoms with van der Waals surface area (Å²) in [7, 11) is 1.91. The van der Waals surface area contributed by atoms with Gasteiger partial charge >= 0.3 is 0 Å². The van der Waals surface area contributed by atoms with Gasteiger partial charge in [0.2, 0.25) is 0 Å². The minimum absolute atomic E-state index is 0.0623. The zero-order chi connectivity index (χ0) is 20.0. The van der Waals surface area contributed by atoms with E-state index in [0.717, 1.165) is 34.4 Å². The van der Waals surface area contributed by atoms with E-state index in [-0.39, 0.29) is 5.91 Å². The van der Waals surface area contributed by atoms with Crippen LogP contribution in [-0.2, 0) is 0 Å². The summed E-state index contributed by atoms with van der Waals surface area (Å²) in [6, 6.07) is 5.99. The average molecular weight is 410 g/mol. The maximum Gasteiger partial charge on any atom is 0.265 e. The second kappa shape index (κ2) is 7.27. The van der Waals surface area contributed by atoms with Crippen LogP contribution in [-0.4, -0.2) is 48.4 Å². The van der Waals surface area contributed by atoms with Crippen molar-refractivity contribution >= 4 is 33.2 Å². The normalized spacial score (nSPS) is 16.5. The Hall–Kier alpha value is -2.71. The van der Waals surface area contributed by atoms with Crippen LogP contribution in [0.1, 0.15) is 59.3 Å². The number of thiazole rings is 1. The SMILES string of the molecule is CN(C(=O)c1cn2c(nc3ccc(C(O)c4ncc[nH]4)cc32)s1)C1CCCCC1. The van der Waals surface area contributed by atoms with Gasteiger partial charge in [0.15, 0.2) is 4.96 Å². The number of benzene rings is 1. The molecule has 1 saturated carbocycles. The molecule has 5 rings (SSSR count). The molecule has 0 bridgehead atoms. The molecule has 1 fully saturated rings. The molecule has 1 amide bonds. The van der Waals surface area contributed by atoms with Crippen LogP contribution >= 0.6 is 11.3 Å². The molecule has 7 nitrogen and oxygen atoms in total. The topological polar surface area (TPSA) is 86.5 Å². The number of nitrogens with zero attached hydrogens (tertiary/aromatic N) is 4. The molecule has 1 unspecified atom stereocenters. The average Bonchev–Trinajstić information content (AvgIpc) is 3.48. The first-order chi connectivity index (χ1) is 14.1. The third-order valence-electron chi connectivity index (χ3n) is 5.88. The molecular formula is C21H23N5O2S. The van der Waals surface area contributed by atoms with Gasteiger partial charge in [0.05, 0.1) is 11.0 Å². The third-order valence-corrected chi connectivity index (χ3v) is 6.85. The van der Waals surface area contributed by atoms with Crippen molar-refractivity contribution in [2.24, 2.45) is 0 Å². The van der Waals surface area contributed by atoms with Gasteiger partial charge in [-0.25, -0.2) is 9.97 Å². The van der Waals surface area contributed by atoms with E-state index < -0.39 is 6.10 Å². The maximum absolute atomic E-state index is 13.0. The van der Waals surface area contributed by atoms with Crippen molar-refractivity contribution in [2.75, 3.05) is 7.05 Å². The van der Waals surface area contributed by atoms with Crippen LogP contribution in [0.2, 0.25) is 0 Å². The summed E-state index contributed by atoms with van der Waals surface area (Å²) in [5.74, 6) is 0.563. The molecule has 0 saturated heterocycles. The van der Waals surface area contributed by atoms with Crippen molar-refractivity contribution in [3.63, 3.8) is 0 Å². The third kappa shape index (κ3) is 3.22. The minimum Gasteiger partial charge on any atom is -0.380 e. The van der Waals surface area contributed by atoms with Gasteiger partial charge in [-0.05, 0) is 30.5 Å². The Balaban J connectivity index is 1.48. The number of aliphatic hydroxyl groups is 1. The Morgan fingerprint density at radius 3 is 2.93 bits per heavy atom. The fraction of sp³-hybridized carbons (Fsp3) is 0.381. The number of nitrogens with one attached hydrogen (secondary N) is 1. The highest BCUT2D eigenvalue weighted by atomic mass is 32.1. The molecule has 1 atom stereocenters. The Labute approximate surface area is 172 Å². The predicted molar refractivity (Wildman–Crippen MR) is 112 cm³/mol. The molecule has 4 aromatic rings. The first-order valence-corrected chi connectivity index (χ1v) is 10.8. The molecule has 1 aliphatic carbocycles. The van der Waals surface area contributed by atoms with Gasteiger partial charge in [0.25, 0.3) is 5.91 Å². The predicted octanol–water partition coefficient (Wildman–Crippen LogP) is 3.76. The molecule has 1 aliphatic rings. The Morgan fingerprint density at radius 1 is 1.34 bits per heavy atom. The number of aromatic amines is 1. The number of carbonyl (C=O) groups excluding carboxylic acids is 1. The molecule has 3 aromatic heterocycles. The lowest BCUT2D eigenvalue weighted by Gasteiger charge is -2.30. The molecule has 8 heteroatoms. The lowest BCUT2D eigenvalue weighted by atomic mass is 9.94. The number of hydrogen-bond acceptors (Lipinski definition) is 5. The quantitative estimate of drug-likeness (QED) is 0.537. The van der Waals surface area contributed by atoms with Crippen molar-refractivity contribution in [1.29, 1.82) is 0 Å². The van der Waals surface area contributed by atoms with E-state index in [0.29, 0.717) is 16.7 Å². The lowest BCUT2D eigenvalue weighted by Crippen LogP contribution is -2.37. The molecule has 0 aliphatic heterocycles. The first-order valence-electron chi connectivity index (χ1n) is 9.98. The van der Waals surface area contributed by atoms with Crippen LogP contribution in [0.5, 0.6) is 0 Å². The number of aliphatic hydroxyl groups excluding tert-OH is 1. The number of carbonyl (C=O) groups is 1. The fourth-order valence-corrected chi connectivity index (χ4v) is 5.17. The number of H-pyrrole nitrogens is 1. The second-order valence-electron chi connectivity index (χ2n) is 7.69. The van der Waals surface area contributed by atoms with E-state index in [4.69, 9.17) is 0 Å². The van der Waals surface area contributed by atoms with Crippen LogP contribution < -0.4 is 0 Å². The summed E-state index contributed by atoms with van der Waals surface area (Å²) < 4.78 is 1.94. The number of hydrogen-bond donors (Lipinski definition) is 2. The Bertz CT molecular complexity index is 1160. The molecule has 0 radical (unpaired) electrons. The van der Waals surface area contributed by atoms with Gasteiger partial charge < -0.3 is 15.0 Å². The van der Waals surface area contributed by atoms with Crippen molar-refractivity contribution in [2.45, 2.75) is 44.2 Å². The summed E-state index contributed by atoms with van der Waals surface area (Å²) in [6.07, 6.45) is 10.2. The van der Waals surface area contributed by atoms with Gasteiger partial charge in [0.1, 0.15) is 16.8 Å². The van der Waals surface area contributed by atoms with Crippen LogP contribution in [0.25, 0.3) is 16.0 Å². The van der Waals surface area contributed by atoms with Crippen molar-refractivity contribution < 1.29 is 9.90 Å². The van der Waals surface area contributed by atoms with Crippen LogP contribution in [0.3, 0.4) is 0 Å². The number of aromatic nitrogens is 4. The Kier molecular flexibility index (Phi) is 4.60. The minimum atomic E-state index is -0.836. The van der Waals surface area contributed by atoms with E-state index in [1.165, 1.54) is 30.6 Å². The van der Waals surface area contributed by atoms with Gasteiger partial charge in [-0.2, -0.15) is 0 Å². The smallest absolute Gasteiger partial charge is 0.265 e. The highest BCUT2D eigenvalue weighted by Crippen LogP contribution is 2.29. The van der Waals surface area contributed by atoms with E-state index in [9.17, 15) is 9.90 Å². The molecule has 3 heterocycles. The van der Waals surface area contributed by atoms with E-state index in [2.05, 4.69) is 15.0 Å². The highest BCUT2D eigenvalue weighted by molar-refractivity contribution is 7.18. The summed E-state index contributed by atoms with van der Waals surface area (Å²) in [4.78, 5) is 28.1. The molecule has 29 heavy (non-hydrogen) atoms. The van der Waals surface area contributed by atoms with Gasteiger partial charge in [-0.3, -0.25) is 9.20 Å². The summed E-state index contributed by atoms with van der Waals surface area (Å²) in [5.41, 5.74) is 2.44. The standard InChI is InChI=1S/C21H23N5O2S/c1-25(14-5-3-2-4-6-14)20(28)17-12-26-16-11-13(18(27)19-22-9-10-23-19)7-8-15(16)24-21(26)29-17/h7-12,14,18,27H,2-6H2,1H3,(H,22,23). The fourth-order valence-electron chi connectivity index (χ4n) is 4.19. The van der Waals surface area contributed by atoms with Crippen molar-refractivity contribution in [3.05, 3.63) is 53.1 Å². The summed E-state index contributed by atoms with van der Waals surface area (Å²) in [6.45, 7) is 0. The van der Waals surface area contributed by atoms with Crippen molar-refractivity contribution in [1.82, 2.24) is 24.3 Å². The number of amides is 1. The zero-order valence-electron chi connectivity index (χ0n) is 16.2. The van der Waals surface area contributed by atoms with Crippen LogP contribution in [0.15, 0.2) is 36.8 Å². The summed E-state index contributed by atoms with van der Waals surface area (Å²) in [5, 5.41) is 10.6. The molecule has 150 valence electrons. The van der Waals surface area contributed by atoms with Crippen LogP contribution in [0, 0.1) is 0 Å². The monoisotopic (exact) mass is 409 g/mol. The van der Waals surface area contributed by atoms with Crippen LogP contribution in [0.4, 0.5) is 0 Å². The number of imidazole rings is 2. The van der Waals surface area contributed by atoms with Gasteiger partial charge in [0, 0.05) is 31.7 Å². The van der Waals surface area contributed by atoms with E-state index in [1.807, 2.05) is 40.7 Å². The van der Waals surface area contributed by atoms with Gasteiger partial charge in [-0.15, -0.1) is 0 Å². The van der Waals surface area contributed by atoms with E-state index >= 15 is 0 Å². The number of rotatable bonds is 4. The molecular weight excluding hydrogens is 386 g/mol. The summed E-state index contributed by atoms with van der Waals surface area (Å²) >= 11 is 1.42. The lowest BCUT2D eigenvalue weighted by molar-refractivity contribution is 0.0701. The molecule has 1 aromatic carbocycles. The zero-order valence-corrected chi connectivity index (χ0v) is 17.0. The first kappa shape index (κ1) is 18.3. The largest absolute Gasteiger partial charge is 0.380 e. The van der Waals surface area contributed by atoms with Gasteiger partial charge in [-0.1, -0.05) is 36.7 Å². The molecule has 0 spiro atoms. The van der Waals surface area contributed by atoms with Crippen molar-refractivity contribution in [3.8, 4) is 0 Å². The number of fused-ring (bicyclic) bond motifs is 3. The Morgan fingerprint density at radius 2 is 2.17 bits per heavy atom.